The Morgan fingerprint density at radius 2 is 2.27 bits per heavy atom. The molecule has 0 N–H and O–H groups in total. The van der Waals surface area contributed by atoms with Gasteiger partial charge in [-0.2, -0.15) is 0 Å². The van der Waals surface area contributed by atoms with E-state index in [0.29, 0.717) is 12.6 Å². The van der Waals surface area contributed by atoms with Crippen LogP contribution in [0.2, 0.25) is 0 Å². The first-order chi connectivity index (χ1) is 10.6. The molecule has 0 aliphatic carbocycles. The van der Waals surface area contributed by atoms with Gasteiger partial charge in [0.2, 0.25) is 5.88 Å². The van der Waals surface area contributed by atoms with Crippen LogP contribution >= 0.6 is 0 Å². The highest BCUT2D eigenvalue weighted by Crippen LogP contribution is 2.42. The van der Waals surface area contributed by atoms with Gasteiger partial charge >= 0.3 is 0 Å². The fourth-order valence-electron chi connectivity index (χ4n) is 3.79. The Morgan fingerprint density at radius 3 is 3.05 bits per heavy atom. The molecule has 0 bridgehead atoms. The molecule has 2 saturated heterocycles. The molecular formula is C15H21F2N3O2. The van der Waals surface area contributed by atoms with Crippen LogP contribution in [0.15, 0.2) is 12.4 Å². The Morgan fingerprint density at radius 1 is 1.41 bits per heavy atom. The van der Waals surface area contributed by atoms with Gasteiger partial charge in [-0.3, -0.25) is 4.90 Å². The molecule has 7 heteroatoms. The molecule has 122 valence electrons. The molecule has 5 nitrogen and oxygen atoms in total. The predicted octanol–water partition coefficient (Wildman–Crippen LogP) is 2.44. The summed E-state index contributed by atoms with van der Waals surface area (Å²) in [5.74, 6) is 0.216. The summed E-state index contributed by atoms with van der Waals surface area (Å²) in [7, 11) is 1.74. The second-order valence-electron chi connectivity index (χ2n) is 6.04. The quantitative estimate of drug-likeness (QED) is 0.807. The van der Waals surface area contributed by atoms with Crippen LogP contribution < -0.4 is 4.74 Å². The summed E-state index contributed by atoms with van der Waals surface area (Å²) < 4.78 is 36.3. The first-order valence-corrected chi connectivity index (χ1v) is 7.63. The van der Waals surface area contributed by atoms with Gasteiger partial charge in [0.25, 0.3) is 6.43 Å². The minimum absolute atomic E-state index is 0.141. The Bertz CT molecular complexity index is 517. The lowest BCUT2D eigenvalue weighted by Crippen LogP contribution is -2.47. The second kappa shape index (κ2) is 6.42. The molecule has 0 saturated carbocycles. The molecule has 3 rings (SSSR count). The molecule has 2 atom stereocenters. The number of halogens is 2. The van der Waals surface area contributed by atoms with E-state index in [0.717, 1.165) is 38.7 Å². The molecule has 1 aromatic rings. The minimum atomic E-state index is -2.61. The van der Waals surface area contributed by atoms with Crippen LogP contribution in [-0.2, 0) is 4.74 Å². The zero-order valence-corrected chi connectivity index (χ0v) is 12.7. The number of rotatable bonds is 6. The molecule has 2 aliphatic rings. The average Bonchev–Trinajstić information content (AvgIpc) is 3.05. The van der Waals surface area contributed by atoms with E-state index in [1.165, 1.54) is 12.5 Å². The number of fused-ring (bicyclic) bond motifs is 1. The van der Waals surface area contributed by atoms with E-state index in [9.17, 15) is 8.78 Å². The first kappa shape index (κ1) is 15.6. The number of aromatic nitrogens is 2. The summed E-state index contributed by atoms with van der Waals surface area (Å²) in [6.45, 7) is 2.25. The van der Waals surface area contributed by atoms with E-state index in [1.807, 2.05) is 0 Å². The molecule has 0 aromatic carbocycles. The van der Waals surface area contributed by atoms with Crippen molar-refractivity contribution in [1.29, 1.82) is 0 Å². The van der Waals surface area contributed by atoms with Crippen LogP contribution in [0.3, 0.4) is 0 Å². The normalized spacial score (nSPS) is 28.3. The molecule has 3 heterocycles. The van der Waals surface area contributed by atoms with Crippen LogP contribution in [0.1, 0.15) is 37.8 Å². The van der Waals surface area contributed by atoms with Gasteiger partial charge < -0.3 is 9.47 Å². The Kier molecular flexibility index (Phi) is 4.54. The van der Waals surface area contributed by atoms with E-state index in [4.69, 9.17) is 9.47 Å². The number of alkyl halides is 2. The van der Waals surface area contributed by atoms with Gasteiger partial charge in [-0.25, -0.2) is 18.7 Å². The highest BCUT2D eigenvalue weighted by Gasteiger charge is 2.49. The predicted molar refractivity (Wildman–Crippen MR) is 76.1 cm³/mol. The van der Waals surface area contributed by atoms with Gasteiger partial charge in [0, 0.05) is 24.8 Å². The van der Waals surface area contributed by atoms with Crippen LogP contribution in [0, 0.1) is 0 Å². The lowest BCUT2D eigenvalue weighted by atomic mass is 9.95. The standard InChI is InChI=1S/C15H21F2N3O2/c1-21-9-15-4-2-6-20(15)11(3-5-15)8-22-13-7-12(14(16)17)18-10-19-13/h7,10-11,14H,2-6,8-9H2,1H3/t11-,15-/m0/s1. The topological polar surface area (TPSA) is 47.5 Å². The molecule has 0 spiro atoms. The lowest BCUT2D eigenvalue weighted by Gasteiger charge is -2.34. The van der Waals surface area contributed by atoms with Gasteiger partial charge in [-0.1, -0.05) is 0 Å². The SMILES string of the molecule is COC[C@@]12CCCN1[C@H](COc1cc(C(F)F)ncn1)CC2. The summed E-state index contributed by atoms with van der Waals surface area (Å²) in [5.41, 5.74) is -0.158. The average molecular weight is 313 g/mol. The summed E-state index contributed by atoms with van der Waals surface area (Å²) >= 11 is 0. The molecule has 22 heavy (non-hydrogen) atoms. The minimum Gasteiger partial charge on any atom is -0.476 e. The van der Waals surface area contributed by atoms with E-state index in [1.54, 1.807) is 7.11 Å². The van der Waals surface area contributed by atoms with E-state index >= 15 is 0 Å². The third-order valence-corrected chi connectivity index (χ3v) is 4.76. The Labute approximate surface area is 128 Å². The van der Waals surface area contributed by atoms with Crippen molar-refractivity contribution in [3.05, 3.63) is 18.1 Å². The molecular weight excluding hydrogens is 292 g/mol. The molecule has 0 amide bonds. The molecule has 1 aromatic heterocycles. The van der Waals surface area contributed by atoms with Gasteiger partial charge in [0.05, 0.1) is 6.61 Å². The van der Waals surface area contributed by atoms with Crippen LogP contribution in [-0.4, -0.2) is 53.3 Å². The Hall–Kier alpha value is -1.34. The van der Waals surface area contributed by atoms with Crippen molar-refractivity contribution in [3.8, 4) is 5.88 Å². The summed E-state index contributed by atoms with van der Waals surface area (Å²) in [6, 6.07) is 1.51. The molecule has 0 unspecified atom stereocenters. The van der Waals surface area contributed by atoms with Crippen molar-refractivity contribution in [2.24, 2.45) is 0 Å². The van der Waals surface area contributed by atoms with Crippen LogP contribution in [0.4, 0.5) is 8.78 Å². The van der Waals surface area contributed by atoms with E-state index in [-0.39, 0.29) is 17.1 Å². The van der Waals surface area contributed by atoms with Crippen molar-refractivity contribution in [2.45, 2.75) is 43.7 Å². The first-order valence-electron chi connectivity index (χ1n) is 7.63. The number of hydrogen-bond donors (Lipinski definition) is 0. The van der Waals surface area contributed by atoms with Crippen molar-refractivity contribution >= 4 is 0 Å². The summed E-state index contributed by atoms with van der Waals surface area (Å²) in [5, 5.41) is 0. The number of hydrogen-bond acceptors (Lipinski definition) is 5. The maximum Gasteiger partial charge on any atom is 0.280 e. The zero-order chi connectivity index (χ0) is 15.6. The molecule has 0 radical (unpaired) electrons. The maximum atomic E-state index is 12.6. The second-order valence-corrected chi connectivity index (χ2v) is 6.04. The smallest absolute Gasteiger partial charge is 0.280 e. The van der Waals surface area contributed by atoms with Crippen LogP contribution in [0.25, 0.3) is 0 Å². The van der Waals surface area contributed by atoms with Gasteiger partial charge in [-0.15, -0.1) is 0 Å². The zero-order valence-electron chi connectivity index (χ0n) is 12.7. The summed E-state index contributed by atoms with van der Waals surface area (Å²) in [6.07, 6.45) is 2.97. The van der Waals surface area contributed by atoms with E-state index < -0.39 is 6.43 Å². The van der Waals surface area contributed by atoms with Gasteiger partial charge in [-0.05, 0) is 32.2 Å². The van der Waals surface area contributed by atoms with Crippen molar-refractivity contribution in [1.82, 2.24) is 14.9 Å². The maximum absolute atomic E-state index is 12.6. The highest BCUT2D eigenvalue weighted by atomic mass is 19.3. The molecule has 2 aliphatic heterocycles. The van der Waals surface area contributed by atoms with Crippen LogP contribution in [0.5, 0.6) is 5.88 Å². The molecule has 2 fully saturated rings. The van der Waals surface area contributed by atoms with Crippen molar-refractivity contribution in [3.63, 3.8) is 0 Å². The van der Waals surface area contributed by atoms with Gasteiger partial charge in [0.15, 0.2) is 0 Å². The van der Waals surface area contributed by atoms with Crippen molar-refractivity contribution < 1.29 is 18.3 Å². The largest absolute Gasteiger partial charge is 0.476 e. The highest BCUT2D eigenvalue weighted by molar-refractivity contribution is 5.14. The lowest BCUT2D eigenvalue weighted by molar-refractivity contribution is 0.0396. The fraction of sp³-hybridized carbons (Fsp3) is 0.733. The monoisotopic (exact) mass is 313 g/mol. The van der Waals surface area contributed by atoms with E-state index in [2.05, 4.69) is 14.9 Å². The summed E-state index contributed by atoms with van der Waals surface area (Å²) in [4.78, 5) is 9.92. The third kappa shape index (κ3) is 2.92. The number of methoxy groups -OCH3 is 1. The Balaban J connectivity index is 1.61. The third-order valence-electron chi connectivity index (χ3n) is 4.76. The van der Waals surface area contributed by atoms with Crippen molar-refractivity contribution in [2.75, 3.05) is 26.9 Å². The fourth-order valence-corrected chi connectivity index (χ4v) is 3.79. The number of ether oxygens (including phenoxy) is 2. The van der Waals surface area contributed by atoms with Gasteiger partial charge in [0.1, 0.15) is 18.6 Å². The number of nitrogens with zero attached hydrogens (tertiary/aromatic N) is 3.